The van der Waals surface area contributed by atoms with E-state index in [1.807, 2.05) is 0 Å². The zero-order chi connectivity index (χ0) is 12.3. The Labute approximate surface area is 113 Å². The van der Waals surface area contributed by atoms with Crippen LogP contribution in [0.1, 0.15) is 38.7 Å². The van der Waals surface area contributed by atoms with Crippen LogP contribution in [0, 0.1) is 5.41 Å². The van der Waals surface area contributed by atoms with Gasteiger partial charge < -0.3 is 4.90 Å². The maximum atomic E-state index is 3.49. The van der Waals surface area contributed by atoms with Crippen LogP contribution < -0.4 is 4.90 Å². The summed E-state index contributed by atoms with van der Waals surface area (Å²) in [6.45, 7) is 7.12. The molecule has 1 aromatic carbocycles. The van der Waals surface area contributed by atoms with Crippen LogP contribution in [0.4, 0.5) is 5.69 Å². The maximum Gasteiger partial charge on any atom is 0.0366 e. The minimum absolute atomic E-state index is 0.564. The lowest BCUT2D eigenvalue weighted by atomic mass is 9.82. The van der Waals surface area contributed by atoms with Crippen LogP contribution in [0.5, 0.6) is 0 Å². The summed E-state index contributed by atoms with van der Waals surface area (Å²) in [7, 11) is 0. The molecule has 0 amide bonds. The molecule has 0 aromatic heterocycles. The molecule has 2 heteroatoms. The number of hydrogen-bond acceptors (Lipinski definition) is 1. The molecule has 0 spiro atoms. The summed E-state index contributed by atoms with van der Waals surface area (Å²) >= 11 is 3.49. The van der Waals surface area contributed by atoms with Gasteiger partial charge in [-0.3, -0.25) is 0 Å². The van der Waals surface area contributed by atoms with Crippen molar-refractivity contribution in [2.45, 2.75) is 38.4 Å². The molecule has 1 aliphatic rings. The quantitative estimate of drug-likeness (QED) is 0.734. The van der Waals surface area contributed by atoms with Gasteiger partial charge in [-0.1, -0.05) is 41.9 Å². The van der Waals surface area contributed by atoms with Gasteiger partial charge in [-0.15, -0.1) is 0 Å². The number of anilines is 1. The Hall–Kier alpha value is -0.500. The fraction of sp³-hybridized carbons (Fsp3) is 0.600. The molecule has 0 aliphatic carbocycles. The summed E-state index contributed by atoms with van der Waals surface area (Å²) in [4.78, 5) is 2.55. The third-order valence-corrected chi connectivity index (χ3v) is 5.04. The van der Waals surface area contributed by atoms with Gasteiger partial charge in [-0.05, 0) is 42.4 Å². The summed E-state index contributed by atoms with van der Waals surface area (Å²) in [5.41, 5.74) is 3.30. The zero-order valence-corrected chi connectivity index (χ0v) is 12.5. The molecule has 1 nitrogen and oxygen atoms in total. The molecule has 1 heterocycles. The maximum absolute atomic E-state index is 3.49. The summed E-state index contributed by atoms with van der Waals surface area (Å²) in [5, 5.41) is 0.946. The minimum Gasteiger partial charge on any atom is -0.371 e. The van der Waals surface area contributed by atoms with Crippen LogP contribution in [0.2, 0.25) is 0 Å². The summed E-state index contributed by atoms with van der Waals surface area (Å²) in [6.07, 6.45) is 3.96. The first kappa shape index (κ1) is 12.9. The number of alkyl halides is 1. The number of nitrogens with zero attached hydrogens (tertiary/aromatic N) is 1. The normalized spacial score (nSPS) is 18.6. The van der Waals surface area contributed by atoms with Gasteiger partial charge in [-0.25, -0.2) is 0 Å². The van der Waals surface area contributed by atoms with E-state index in [1.165, 1.54) is 43.6 Å². The molecule has 0 N–H and O–H groups in total. The van der Waals surface area contributed by atoms with E-state index in [2.05, 4.69) is 58.9 Å². The third kappa shape index (κ3) is 2.67. The molecular weight excluding hydrogens is 274 g/mol. The molecule has 94 valence electrons. The summed E-state index contributed by atoms with van der Waals surface area (Å²) in [6, 6.07) is 8.97. The number of hydrogen-bond donors (Lipinski definition) is 0. The van der Waals surface area contributed by atoms with E-state index in [0.717, 1.165) is 5.33 Å². The Morgan fingerprint density at radius 2 is 1.82 bits per heavy atom. The fourth-order valence-electron chi connectivity index (χ4n) is 2.78. The predicted octanol–water partition coefficient (Wildman–Crippen LogP) is 4.60. The van der Waals surface area contributed by atoms with Gasteiger partial charge in [0, 0.05) is 24.1 Å². The molecule has 2 rings (SSSR count). The second-order valence-corrected chi connectivity index (χ2v) is 5.74. The highest BCUT2D eigenvalue weighted by Crippen LogP contribution is 2.38. The van der Waals surface area contributed by atoms with E-state index in [-0.39, 0.29) is 0 Å². The number of benzene rings is 1. The highest BCUT2D eigenvalue weighted by molar-refractivity contribution is 9.08. The fourth-order valence-corrected chi connectivity index (χ4v) is 3.15. The van der Waals surface area contributed by atoms with Gasteiger partial charge >= 0.3 is 0 Å². The van der Waals surface area contributed by atoms with Gasteiger partial charge in [0.25, 0.3) is 0 Å². The molecule has 0 bridgehead atoms. The average molecular weight is 296 g/mol. The predicted molar refractivity (Wildman–Crippen MR) is 78.9 cm³/mol. The van der Waals surface area contributed by atoms with E-state index in [4.69, 9.17) is 0 Å². The standard InChI is InChI=1S/C15H22BrN/c1-3-15(4-2)9-10-17(12-15)14-7-5-13(11-16)6-8-14/h5-8H,3-4,9-12H2,1-2H3. The van der Waals surface area contributed by atoms with Crippen molar-refractivity contribution in [1.82, 2.24) is 0 Å². The Balaban J connectivity index is 2.09. The first-order valence-electron chi connectivity index (χ1n) is 6.63. The van der Waals surface area contributed by atoms with Gasteiger partial charge in [0.05, 0.1) is 0 Å². The van der Waals surface area contributed by atoms with Gasteiger partial charge in [0.15, 0.2) is 0 Å². The zero-order valence-electron chi connectivity index (χ0n) is 10.9. The van der Waals surface area contributed by atoms with E-state index in [9.17, 15) is 0 Å². The summed E-state index contributed by atoms with van der Waals surface area (Å²) < 4.78 is 0. The molecule has 1 fully saturated rings. The Kier molecular flexibility index (Phi) is 4.13. The molecule has 1 aliphatic heterocycles. The molecule has 0 saturated carbocycles. The van der Waals surface area contributed by atoms with E-state index in [0.29, 0.717) is 5.41 Å². The molecule has 0 radical (unpaired) electrons. The van der Waals surface area contributed by atoms with E-state index >= 15 is 0 Å². The van der Waals surface area contributed by atoms with Gasteiger partial charge in [0.2, 0.25) is 0 Å². The topological polar surface area (TPSA) is 3.24 Å². The van der Waals surface area contributed by atoms with Crippen LogP contribution in [-0.2, 0) is 5.33 Å². The van der Waals surface area contributed by atoms with Gasteiger partial charge in [0.1, 0.15) is 0 Å². The number of halogens is 1. The second-order valence-electron chi connectivity index (χ2n) is 5.18. The van der Waals surface area contributed by atoms with Crippen molar-refractivity contribution in [1.29, 1.82) is 0 Å². The van der Waals surface area contributed by atoms with Crippen molar-refractivity contribution >= 4 is 21.6 Å². The average Bonchev–Trinajstić information content (AvgIpc) is 2.84. The highest BCUT2D eigenvalue weighted by Gasteiger charge is 2.34. The van der Waals surface area contributed by atoms with Crippen molar-refractivity contribution in [2.75, 3.05) is 18.0 Å². The van der Waals surface area contributed by atoms with Gasteiger partial charge in [-0.2, -0.15) is 0 Å². The van der Waals surface area contributed by atoms with Crippen LogP contribution >= 0.6 is 15.9 Å². The molecule has 0 atom stereocenters. The Morgan fingerprint density at radius 3 is 2.29 bits per heavy atom. The van der Waals surface area contributed by atoms with E-state index in [1.54, 1.807) is 0 Å². The van der Waals surface area contributed by atoms with Crippen LogP contribution in [0.15, 0.2) is 24.3 Å². The molecular formula is C15H22BrN. The largest absolute Gasteiger partial charge is 0.371 e. The highest BCUT2D eigenvalue weighted by atomic mass is 79.9. The Bertz CT molecular complexity index is 354. The molecule has 1 saturated heterocycles. The summed E-state index contributed by atoms with van der Waals surface area (Å²) in [5.74, 6) is 0. The first-order chi connectivity index (χ1) is 8.23. The molecule has 17 heavy (non-hydrogen) atoms. The third-order valence-electron chi connectivity index (χ3n) is 4.39. The van der Waals surface area contributed by atoms with Crippen LogP contribution in [0.25, 0.3) is 0 Å². The smallest absolute Gasteiger partial charge is 0.0366 e. The SMILES string of the molecule is CCC1(CC)CCN(c2ccc(CBr)cc2)C1. The van der Waals surface area contributed by atoms with Crippen molar-refractivity contribution in [2.24, 2.45) is 5.41 Å². The van der Waals surface area contributed by atoms with Crippen molar-refractivity contribution in [3.8, 4) is 0 Å². The lowest BCUT2D eigenvalue weighted by Crippen LogP contribution is -2.26. The minimum atomic E-state index is 0.564. The Morgan fingerprint density at radius 1 is 1.18 bits per heavy atom. The monoisotopic (exact) mass is 295 g/mol. The van der Waals surface area contributed by atoms with E-state index < -0.39 is 0 Å². The number of rotatable bonds is 4. The molecule has 1 aromatic rings. The van der Waals surface area contributed by atoms with Crippen molar-refractivity contribution in [3.63, 3.8) is 0 Å². The second kappa shape index (κ2) is 5.43. The molecule has 0 unspecified atom stereocenters. The lowest BCUT2D eigenvalue weighted by molar-refractivity contribution is 0.301. The lowest BCUT2D eigenvalue weighted by Gasteiger charge is -2.27. The van der Waals surface area contributed by atoms with Crippen LogP contribution in [-0.4, -0.2) is 13.1 Å². The van der Waals surface area contributed by atoms with Crippen molar-refractivity contribution in [3.05, 3.63) is 29.8 Å². The van der Waals surface area contributed by atoms with Crippen LogP contribution in [0.3, 0.4) is 0 Å². The van der Waals surface area contributed by atoms with Crippen molar-refractivity contribution < 1.29 is 0 Å². The first-order valence-corrected chi connectivity index (χ1v) is 7.75.